The molecule has 3 aliphatic rings. The van der Waals surface area contributed by atoms with Crippen LogP contribution in [-0.4, -0.2) is 103 Å². The minimum absolute atomic E-state index is 0.0824. The van der Waals surface area contributed by atoms with Gasteiger partial charge in [-0.15, -0.1) is 5.11 Å². The van der Waals surface area contributed by atoms with Crippen molar-refractivity contribution in [2.24, 2.45) is 32.3 Å². The van der Waals surface area contributed by atoms with Gasteiger partial charge >= 0.3 is 11.9 Å². The smallest absolute Gasteiger partial charge is 0.330 e. The zero-order chi connectivity index (χ0) is 45.4. The van der Waals surface area contributed by atoms with E-state index < -0.39 is 46.1 Å². The van der Waals surface area contributed by atoms with Crippen molar-refractivity contribution in [1.29, 1.82) is 0 Å². The van der Waals surface area contributed by atoms with E-state index in [9.17, 15) is 29.8 Å². The summed E-state index contributed by atoms with van der Waals surface area (Å²) in [5.41, 5.74) is 2.09. The van der Waals surface area contributed by atoms with Gasteiger partial charge in [-0.2, -0.15) is 15.3 Å². The van der Waals surface area contributed by atoms with Crippen molar-refractivity contribution in [3.05, 3.63) is 92.1 Å². The molecule has 8 atom stereocenters. The Kier molecular flexibility index (Phi) is 23.2. The fraction of sp³-hybridized carbons (Fsp3) is 0.689. The number of ether oxygens (including phenoxy) is 4. The monoisotopic (exact) mass is 868 g/mol. The molecule has 0 saturated heterocycles. The molecule has 0 aromatic heterocycles. The molecule has 62 heavy (non-hydrogen) atoms. The molecule has 0 N–H and O–H groups in total. The van der Waals surface area contributed by atoms with Crippen LogP contribution in [0.15, 0.2) is 92.3 Å². The number of hydrogen-bond donors (Lipinski definition) is 0. The number of allylic oxidation sites excluding steroid dienone is 1. The normalized spacial score (nSPS) is 23.6. The van der Waals surface area contributed by atoms with E-state index in [1.807, 2.05) is 25.2 Å². The molecule has 0 aliphatic heterocycles. The molecule has 0 saturated carbocycles. The highest BCUT2D eigenvalue weighted by Gasteiger charge is 2.40. The van der Waals surface area contributed by atoms with Gasteiger partial charge in [-0.1, -0.05) is 85.8 Å². The predicted molar refractivity (Wildman–Crippen MR) is 235 cm³/mol. The molecule has 0 radical (unpaired) electrons. The van der Waals surface area contributed by atoms with Crippen molar-refractivity contribution < 1.29 is 38.4 Å². The average Bonchev–Trinajstić information content (AvgIpc) is 3.27. The zero-order valence-corrected chi connectivity index (χ0v) is 37.6. The number of esters is 2. The summed E-state index contributed by atoms with van der Waals surface area (Å²) in [5.74, 6) is 0.245. The Hall–Kier alpha value is -4.90. The molecule has 8 unspecified atom stereocenters. The molecular weight excluding hydrogens is 799 g/mol. The fourth-order valence-corrected chi connectivity index (χ4v) is 7.30. The minimum Gasteiger partial charge on any atom is -0.491 e. The third-order valence-corrected chi connectivity index (χ3v) is 11.5. The van der Waals surface area contributed by atoms with Crippen LogP contribution in [-0.2, 0) is 28.5 Å². The third kappa shape index (κ3) is 17.1. The summed E-state index contributed by atoms with van der Waals surface area (Å²) in [4.78, 5) is 48.1. The Balaban J connectivity index is 1.98. The van der Waals surface area contributed by atoms with E-state index in [0.29, 0.717) is 61.7 Å². The maximum Gasteiger partial charge on any atom is 0.330 e. The maximum absolute atomic E-state index is 12.0. The molecule has 0 aromatic carbocycles. The molecule has 0 spiro atoms. The van der Waals surface area contributed by atoms with Crippen LogP contribution >= 0.6 is 0 Å². The van der Waals surface area contributed by atoms with Crippen molar-refractivity contribution in [3.8, 4) is 0 Å². The Labute approximate surface area is 366 Å². The quantitative estimate of drug-likeness (QED) is 0.0173. The lowest BCUT2D eigenvalue weighted by atomic mass is 9.94. The van der Waals surface area contributed by atoms with Crippen LogP contribution in [0.3, 0.4) is 0 Å². The lowest BCUT2D eigenvalue weighted by molar-refractivity contribution is -0.556. The summed E-state index contributed by atoms with van der Waals surface area (Å²) in [6, 6.07) is -4.26. The van der Waals surface area contributed by atoms with E-state index in [0.717, 1.165) is 63.0 Å². The molecule has 17 heteroatoms. The SMILES string of the molecule is C=CC(=O)OCCN(CCOC(=O)CC)C1C=CC(N=NC2=CC(OCC(CC)CCCC)C(N=NC3C=CC([N+](=O)[O-])CC3[N+](=O)[O-])C=C2OCC(CC)CCCC)=C(C)C1. The van der Waals surface area contributed by atoms with Crippen LogP contribution in [0, 0.1) is 32.1 Å². The van der Waals surface area contributed by atoms with E-state index in [4.69, 9.17) is 29.2 Å². The second kappa shape index (κ2) is 27.9. The summed E-state index contributed by atoms with van der Waals surface area (Å²) in [5, 5.41) is 42.0. The van der Waals surface area contributed by atoms with Gasteiger partial charge in [-0.25, -0.2) is 4.79 Å². The van der Waals surface area contributed by atoms with Crippen LogP contribution < -0.4 is 0 Å². The Morgan fingerprint density at radius 2 is 1.55 bits per heavy atom. The van der Waals surface area contributed by atoms with E-state index in [2.05, 4.69) is 49.4 Å². The Morgan fingerprint density at radius 3 is 2.15 bits per heavy atom. The molecule has 3 aliphatic carbocycles. The lowest BCUT2D eigenvalue weighted by Crippen LogP contribution is -2.40. The van der Waals surface area contributed by atoms with Crippen LogP contribution in [0.5, 0.6) is 0 Å². The lowest BCUT2D eigenvalue weighted by Gasteiger charge is -2.31. The number of hydrogen-bond acceptors (Lipinski definition) is 15. The molecule has 344 valence electrons. The number of carbonyl (C=O) groups is 2. The number of carbonyl (C=O) groups excluding carboxylic acids is 2. The van der Waals surface area contributed by atoms with Crippen LogP contribution in [0.2, 0.25) is 0 Å². The van der Waals surface area contributed by atoms with Gasteiger partial charge in [0.15, 0.2) is 6.04 Å². The van der Waals surface area contributed by atoms with Gasteiger partial charge < -0.3 is 18.9 Å². The topological polar surface area (TPSA) is 210 Å². The summed E-state index contributed by atoms with van der Waals surface area (Å²) < 4.78 is 23.7. The Bertz CT molecular complexity index is 1710. The zero-order valence-electron chi connectivity index (χ0n) is 37.6. The van der Waals surface area contributed by atoms with Crippen LogP contribution in [0.1, 0.15) is 112 Å². The van der Waals surface area contributed by atoms with Gasteiger partial charge in [-0.05, 0) is 74.0 Å². The molecule has 0 fully saturated rings. The van der Waals surface area contributed by atoms with Gasteiger partial charge in [0, 0.05) is 41.5 Å². The van der Waals surface area contributed by atoms with E-state index in [1.165, 1.54) is 12.2 Å². The van der Waals surface area contributed by atoms with Gasteiger partial charge in [0.05, 0.1) is 25.3 Å². The summed E-state index contributed by atoms with van der Waals surface area (Å²) >= 11 is 0. The van der Waals surface area contributed by atoms with E-state index in [1.54, 1.807) is 13.0 Å². The van der Waals surface area contributed by atoms with Crippen molar-refractivity contribution in [2.45, 2.75) is 148 Å². The maximum atomic E-state index is 12.0. The molecule has 0 amide bonds. The molecule has 0 aromatic rings. The molecule has 3 rings (SSSR count). The average molecular weight is 868 g/mol. The first-order chi connectivity index (χ1) is 29.9. The number of unbranched alkanes of at least 4 members (excludes halogenated alkanes) is 2. The highest BCUT2D eigenvalue weighted by atomic mass is 16.6. The second-order valence-electron chi connectivity index (χ2n) is 16.0. The first kappa shape index (κ1) is 51.5. The number of nitro groups is 2. The van der Waals surface area contributed by atoms with Crippen LogP contribution in [0.25, 0.3) is 0 Å². The van der Waals surface area contributed by atoms with Crippen molar-refractivity contribution in [2.75, 3.05) is 39.5 Å². The highest BCUT2D eigenvalue weighted by molar-refractivity contribution is 5.81. The molecule has 0 heterocycles. The third-order valence-electron chi connectivity index (χ3n) is 11.5. The summed E-state index contributed by atoms with van der Waals surface area (Å²) in [6.07, 6.45) is 19.5. The number of azo groups is 2. The van der Waals surface area contributed by atoms with Crippen molar-refractivity contribution >= 4 is 11.9 Å². The van der Waals surface area contributed by atoms with Gasteiger partial charge in [0.25, 0.3) is 0 Å². The molecule has 17 nitrogen and oxygen atoms in total. The van der Waals surface area contributed by atoms with Crippen molar-refractivity contribution in [3.63, 3.8) is 0 Å². The van der Waals surface area contributed by atoms with E-state index >= 15 is 0 Å². The number of nitrogens with zero attached hydrogens (tertiary/aromatic N) is 7. The first-order valence-corrected chi connectivity index (χ1v) is 22.4. The van der Waals surface area contributed by atoms with Gasteiger partial charge in [-0.3, -0.25) is 29.9 Å². The first-order valence-electron chi connectivity index (χ1n) is 22.4. The van der Waals surface area contributed by atoms with Gasteiger partial charge in [0.2, 0.25) is 12.1 Å². The predicted octanol–water partition coefficient (Wildman–Crippen LogP) is 9.08. The highest BCUT2D eigenvalue weighted by Crippen LogP contribution is 2.31. The largest absolute Gasteiger partial charge is 0.491 e. The van der Waals surface area contributed by atoms with Crippen molar-refractivity contribution in [1.82, 2.24) is 4.90 Å². The summed E-state index contributed by atoms with van der Waals surface area (Å²) in [7, 11) is 0. The fourth-order valence-electron chi connectivity index (χ4n) is 7.30. The molecule has 0 bridgehead atoms. The second-order valence-corrected chi connectivity index (χ2v) is 16.0. The summed E-state index contributed by atoms with van der Waals surface area (Å²) in [6.45, 7) is 17.8. The van der Waals surface area contributed by atoms with E-state index in [-0.39, 0.29) is 38.1 Å². The number of rotatable bonds is 29. The standard InChI is InChI=1S/C45H69N7O10/c1-8-14-16-33(10-3)30-61-42-29-40(49-47-38-21-19-36(51(55)56)27-41(38)52(57)58)43(62-31-34(11-4)17-15-9-2)28-39(42)48-46-37-20-18-35(26-32(37)7)50(22-24-59-44(53)12-5)23-25-60-45(54)13-6/h12,18-21,28-29,33-36,38,40-41,43H,5,8-11,13-17,22-27,30-31H2,1-4,6-7H3. The van der Waals surface area contributed by atoms with Gasteiger partial charge in [0.1, 0.15) is 36.8 Å². The van der Waals surface area contributed by atoms with Crippen LogP contribution in [0.4, 0.5) is 0 Å². The Morgan fingerprint density at radius 1 is 0.887 bits per heavy atom. The molecular formula is C45H69N7O10. The minimum atomic E-state index is -1.30.